The van der Waals surface area contributed by atoms with Crippen LogP contribution in [-0.4, -0.2) is 29.8 Å². The Balaban J connectivity index is 2.28. The van der Waals surface area contributed by atoms with Gasteiger partial charge in [-0.3, -0.25) is 0 Å². The van der Waals surface area contributed by atoms with Crippen molar-refractivity contribution in [2.75, 3.05) is 13.2 Å². The Morgan fingerprint density at radius 1 is 1.67 bits per heavy atom. The molecule has 0 amide bonds. The highest BCUT2D eigenvalue weighted by Gasteiger charge is 2.23. The summed E-state index contributed by atoms with van der Waals surface area (Å²) < 4.78 is 5.40. The summed E-state index contributed by atoms with van der Waals surface area (Å²) in [7, 11) is 0. The van der Waals surface area contributed by atoms with E-state index in [2.05, 4.69) is 13.8 Å². The quantitative estimate of drug-likeness (QED) is 0.733. The molecule has 3 unspecified atom stereocenters. The van der Waals surface area contributed by atoms with Gasteiger partial charge in [0, 0.05) is 23.1 Å². The largest absolute Gasteiger partial charge is 0.380 e. The molecule has 0 aliphatic carbocycles. The minimum absolute atomic E-state index is 0.345. The Hall–Kier alpha value is 0.270. The average Bonchev–Trinajstić information content (AvgIpc) is 2.09. The predicted molar refractivity (Wildman–Crippen MR) is 54.5 cm³/mol. The summed E-state index contributed by atoms with van der Waals surface area (Å²) in [5.41, 5.74) is 5.98. The Morgan fingerprint density at radius 2 is 2.42 bits per heavy atom. The van der Waals surface area contributed by atoms with Crippen molar-refractivity contribution in [2.45, 2.75) is 43.2 Å². The first-order chi connectivity index (χ1) is 5.74. The fraction of sp³-hybridized carbons (Fsp3) is 1.00. The number of ether oxygens (including phenoxy) is 1. The standard InChI is InChI=1S/C9H19NOS/c1-3-7(2)12-9-6-11-5-4-8(9)10/h7-9H,3-6,10H2,1-2H3. The Bertz CT molecular complexity index is 132. The summed E-state index contributed by atoms with van der Waals surface area (Å²) >= 11 is 1.98. The maximum atomic E-state index is 5.98. The normalized spacial score (nSPS) is 33.2. The van der Waals surface area contributed by atoms with E-state index in [1.807, 2.05) is 11.8 Å². The van der Waals surface area contributed by atoms with Crippen molar-refractivity contribution in [3.63, 3.8) is 0 Å². The highest BCUT2D eigenvalue weighted by Crippen LogP contribution is 2.25. The van der Waals surface area contributed by atoms with Crippen LogP contribution < -0.4 is 5.73 Å². The van der Waals surface area contributed by atoms with E-state index in [0.717, 1.165) is 19.6 Å². The second-order valence-electron chi connectivity index (χ2n) is 3.42. The summed E-state index contributed by atoms with van der Waals surface area (Å²) in [6.45, 7) is 6.16. The molecule has 0 bridgehead atoms. The zero-order valence-corrected chi connectivity index (χ0v) is 8.77. The summed E-state index contributed by atoms with van der Waals surface area (Å²) in [5, 5.41) is 1.23. The van der Waals surface area contributed by atoms with Crippen molar-refractivity contribution in [2.24, 2.45) is 5.73 Å². The summed E-state index contributed by atoms with van der Waals surface area (Å²) in [6.07, 6.45) is 2.24. The van der Waals surface area contributed by atoms with Gasteiger partial charge in [-0.15, -0.1) is 0 Å². The number of hydrogen-bond acceptors (Lipinski definition) is 3. The zero-order chi connectivity index (χ0) is 8.97. The van der Waals surface area contributed by atoms with Crippen molar-refractivity contribution in [3.05, 3.63) is 0 Å². The third-order valence-corrected chi connectivity index (χ3v) is 3.97. The minimum Gasteiger partial charge on any atom is -0.380 e. The van der Waals surface area contributed by atoms with Gasteiger partial charge in [0.2, 0.25) is 0 Å². The molecule has 2 N–H and O–H groups in total. The van der Waals surface area contributed by atoms with Gasteiger partial charge in [-0.25, -0.2) is 0 Å². The van der Waals surface area contributed by atoms with Gasteiger partial charge in [0.15, 0.2) is 0 Å². The summed E-state index contributed by atoms with van der Waals surface area (Å²) in [6, 6.07) is 0.345. The average molecular weight is 189 g/mol. The van der Waals surface area contributed by atoms with Crippen LogP contribution in [0.2, 0.25) is 0 Å². The molecule has 2 nitrogen and oxygen atoms in total. The fourth-order valence-electron chi connectivity index (χ4n) is 1.26. The fourth-order valence-corrected chi connectivity index (χ4v) is 2.57. The summed E-state index contributed by atoms with van der Waals surface area (Å²) in [4.78, 5) is 0. The van der Waals surface area contributed by atoms with Crippen molar-refractivity contribution in [1.82, 2.24) is 0 Å². The first kappa shape index (κ1) is 10.4. The third-order valence-electron chi connectivity index (χ3n) is 2.34. The Kier molecular flexibility index (Phi) is 4.40. The van der Waals surface area contributed by atoms with Crippen LogP contribution in [0.25, 0.3) is 0 Å². The topological polar surface area (TPSA) is 35.2 Å². The van der Waals surface area contributed by atoms with Crippen LogP contribution in [0.4, 0.5) is 0 Å². The molecule has 3 atom stereocenters. The maximum absolute atomic E-state index is 5.98. The first-order valence-corrected chi connectivity index (χ1v) is 5.67. The molecule has 0 aromatic rings. The lowest BCUT2D eigenvalue weighted by atomic mass is 10.1. The van der Waals surface area contributed by atoms with E-state index in [1.165, 1.54) is 6.42 Å². The molecule has 1 aliphatic rings. The van der Waals surface area contributed by atoms with E-state index < -0.39 is 0 Å². The lowest BCUT2D eigenvalue weighted by Crippen LogP contribution is -2.41. The van der Waals surface area contributed by atoms with Crippen LogP contribution in [0, 0.1) is 0 Å². The molecule has 1 aliphatic heterocycles. The molecule has 0 saturated carbocycles. The molecule has 0 aromatic heterocycles. The van der Waals surface area contributed by atoms with Gasteiger partial charge in [-0.2, -0.15) is 11.8 Å². The van der Waals surface area contributed by atoms with Crippen LogP contribution in [0.15, 0.2) is 0 Å². The predicted octanol–water partition coefficient (Wildman–Crippen LogP) is 1.63. The Labute approximate surface area is 79.2 Å². The van der Waals surface area contributed by atoms with Gasteiger partial charge in [-0.1, -0.05) is 13.8 Å². The highest BCUT2D eigenvalue weighted by atomic mass is 32.2. The molecule has 3 heteroatoms. The molecule has 1 fully saturated rings. The Morgan fingerprint density at radius 3 is 3.00 bits per heavy atom. The van der Waals surface area contributed by atoms with E-state index >= 15 is 0 Å². The molecule has 0 radical (unpaired) electrons. The molecule has 12 heavy (non-hydrogen) atoms. The van der Waals surface area contributed by atoms with E-state index in [0.29, 0.717) is 16.5 Å². The van der Waals surface area contributed by atoms with Gasteiger partial charge in [-0.05, 0) is 12.8 Å². The van der Waals surface area contributed by atoms with Crippen LogP contribution in [0.1, 0.15) is 26.7 Å². The van der Waals surface area contributed by atoms with Crippen LogP contribution in [0.5, 0.6) is 0 Å². The van der Waals surface area contributed by atoms with Gasteiger partial charge in [0.05, 0.1) is 6.61 Å². The molecular weight excluding hydrogens is 170 g/mol. The van der Waals surface area contributed by atoms with Gasteiger partial charge in [0.25, 0.3) is 0 Å². The van der Waals surface area contributed by atoms with Gasteiger partial charge < -0.3 is 10.5 Å². The lowest BCUT2D eigenvalue weighted by molar-refractivity contribution is 0.0914. The second kappa shape index (κ2) is 5.10. The van der Waals surface area contributed by atoms with Crippen molar-refractivity contribution in [1.29, 1.82) is 0 Å². The zero-order valence-electron chi connectivity index (χ0n) is 7.95. The summed E-state index contributed by atoms with van der Waals surface area (Å²) in [5.74, 6) is 0. The molecule has 0 aromatic carbocycles. The number of hydrogen-bond donors (Lipinski definition) is 1. The maximum Gasteiger partial charge on any atom is 0.0600 e. The lowest BCUT2D eigenvalue weighted by Gasteiger charge is -2.29. The van der Waals surface area contributed by atoms with Gasteiger partial charge in [0.1, 0.15) is 0 Å². The van der Waals surface area contributed by atoms with E-state index in [-0.39, 0.29) is 0 Å². The van der Waals surface area contributed by atoms with Crippen molar-refractivity contribution < 1.29 is 4.74 Å². The highest BCUT2D eigenvalue weighted by molar-refractivity contribution is 8.00. The number of nitrogens with two attached hydrogens (primary N) is 1. The van der Waals surface area contributed by atoms with E-state index in [1.54, 1.807) is 0 Å². The number of thioether (sulfide) groups is 1. The SMILES string of the molecule is CCC(C)SC1COCCC1N. The number of rotatable bonds is 3. The van der Waals surface area contributed by atoms with E-state index in [9.17, 15) is 0 Å². The first-order valence-electron chi connectivity index (χ1n) is 4.72. The van der Waals surface area contributed by atoms with Crippen LogP contribution in [0.3, 0.4) is 0 Å². The second-order valence-corrected chi connectivity index (χ2v) is 5.10. The van der Waals surface area contributed by atoms with Crippen molar-refractivity contribution in [3.8, 4) is 0 Å². The molecule has 1 rings (SSSR count). The molecule has 72 valence electrons. The molecular formula is C9H19NOS. The van der Waals surface area contributed by atoms with E-state index in [4.69, 9.17) is 10.5 Å². The molecule has 1 heterocycles. The van der Waals surface area contributed by atoms with Crippen molar-refractivity contribution >= 4 is 11.8 Å². The van der Waals surface area contributed by atoms with Crippen LogP contribution >= 0.6 is 11.8 Å². The van der Waals surface area contributed by atoms with Gasteiger partial charge >= 0.3 is 0 Å². The van der Waals surface area contributed by atoms with Crippen LogP contribution in [-0.2, 0) is 4.74 Å². The molecule has 0 spiro atoms. The monoisotopic (exact) mass is 189 g/mol. The minimum atomic E-state index is 0.345. The molecule has 1 saturated heterocycles. The third kappa shape index (κ3) is 2.96. The smallest absolute Gasteiger partial charge is 0.0600 e.